The highest BCUT2D eigenvalue weighted by molar-refractivity contribution is 5.33. The molecule has 1 aromatic rings. The first-order valence-electron chi connectivity index (χ1n) is 7.63. The van der Waals surface area contributed by atoms with Gasteiger partial charge in [0.05, 0.1) is 5.56 Å². The van der Waals surface area contributed by atoms with E-state index in [1.807, 2.05) is 6.07 Å². The summed E-state index contributed by atoms with van der Waals surface area (Å²) in [5.41, 5.74) is 1.21. The third kappa shape index (κ3) is 2.96. The van der Waals surface area contributed by atoms with Crippen LogP contribution < -0.4 is 0 Å². The lowest BCUT2D eigenvalue weighted by Gasteiger charge is -2.58. The minimum Gasteiger partial charge on any atom is -0.305 e. The van der Waals surface area contributed by atoms with E-state index in [0.717, 1.165) is 18.4 Å². The Morgan fingerprint density at radius 3 is 2.48 bits per heavy atom. The largest absolute Gasteiger partial charge is 0.416 e. The van der Waals surface area contributed by atoms with Crippen molar-refractivity contribution < 1.29 is 13.2 Å². The van der Waals surface area contributed by atoms with Crippen molar-refractivity contribution in [2.24, 2.45) is 11.3 Å². The maximum Gasteiger partial charge on any atom is 0.416 e. The summed E-state index contributed by atoms with van der Waals surface area (Å²) in [5.74, 6) is 0.703. The Labute approximate surface area is 124 Å². The average Bonchev–Trinajstić information content (AvgIpc) is 2.30. The molecular formula is C17H22F3N. The molecule has 1 aliphatic carbocycles. The summed E-state index contributed by atoms with van der Waals surface area (Å²) in [5, 5.41) is 0. The standard InChI is InChI=1S/C17H22F3N/c1-12-3-4-13(7-15(12)17(18,19)20)5-6-14-8-16(9-14)10-21(2)11-16/h3-4,7,14H,5-6,8-11H2,1-2H3. The number of hydrogen-bond acceptors (Lipinski definition) is 1. The van der Waals surface area contributed by atoms with Crippen molar-refractivity contribution in [1.82, 2.24) is 4.90 Å². The second-order valence-electron chi connectivity index (χ2n) is 7.13. The zero-order valence-corrected chi connectivity index (χ0v) is 12.6. The third-order valence-electron chi connectivity index (χ3n) is 5.10. The molecule has 0 amide bonds. The fourth-order valence-electron chi connectivity index (χ4n) is 4.23. The van der Waals surface area contributed by atoms with Gasteiger partial charge in [0.25, 0.3) is 0 Å². The van der Waals surface area contributed by atoms with Crippen LogP contribution in [-0.2, 0) is 12.6 Å². The van der Waals surface area contributed by atoms with Crippen molar-refractivity contribution in [3.8, 4) is 0 Å². The average molecular weight is 297 g/mol. The first-order valence-corrected chi connectivity index (χ1v) is 7.63. The van der Waals surface area contributed by atoms with Crippen LogP contribution in [0.5, 0.6) is 0 Å². The summed E-state index contributed by atoms with van der Waals surface area (Å²) < 4.78 is 38.7. The molecule has 0 bridgehead atoms. The Balaban J connectivity index is 1.55. The lowest BCUT2D eigenvalue weighted by molar-refractivity contribution is -0.138. The van der Waals surface area contributed by atoms with E-state index in [-0.39, 0.29) is 0 Å². The minimum absolute atomic E-state index is 0.311. The number of nitrogens with zero attached hydrogens (tertiary/aromatic N) is 1. The molecule has 1 aromatic carbocycles. The van der Waals surface area contributed by atoms with E-state index in [9.17, 15) is 13.2 Å². The van der Waals surface area contributed by atoms with Crippen LogP contribution in [0.25, 0.3) is 0 Å². The van der Waals surface area contributed by atoms with E-state index in [1.165, 1.54) is 38.9 Å². The Hall–Kier alpha value is -1.03. The number of alkyl halides is 3. The van der Waals surface area contributed by atoms with Crippen molar-refractivity contribution in [3.05, 3.63) is 34.9 Å². The normalized spacial score (nSPS) is 22.1. The van der Waals surface area contributed by atoms with E-state index in [0.29, 0.717) is 16.9 Å². The van der Waals surface area contributed by atoms with Gasteiger partial charge in [0.1, 0.15) is 0 Å². The molecule has 1 aliphatic heterocycles. The van der Waals surface area contributed by atoms with E-state index in [4.69, 9.17) is 0 Å². The smallest absolute Gasteiger partial charge is 0.305 e. The summed E-state index contributed by atoms with van der Waals surface area (Å²) in [7, 11) is 2.14. The maximum atomic E-state index is 12.9. The van der Waals surface area contributed by atoms with Gasteiger partial charge in [-0.05, 0) is 68.2 Å². The highest BCUT2D eigenvalue weighted by atomic mass is 19.4. The first-order chi connectivity index (χ1) is 9.77. The molecule has 0 radical (unpaired) electrons. The molecule has 0 atom stereocenters. The molecule has 0 N–H and O–H groups in total. The van der Waals surface area contributed by atoms with Gasteiger partial charge in [-0.25, -0.2) is 0 Å². The summed E-state index contributed by atoms with van der Waals surface area (Å²) in [6.07, 6.45) is 0.0631. The molecule has 1 spiro atoms. The SMILES string of the molecule is Cc1ccc(CCC2CC3(C2)CN(C)C3)cc1C(F)(F)F. The lowest BCUT2D eigenvalue weighted by atomic mass is 9.57. The molecule has 1 saturated carbocycles. The van der Waals surface area contributed by atoms with E-state index < -0.39 is 11.7 Å². The van der Waals surface area contributed by atoms with Crippen LogP contribution in [0.15, 0.2) is 18.2 Å². The maximum absolute atomic E-state index is 12.9. The van der Waals surface area contributed by atoms with Crippen molar-refractivity contribution in [2.75, 3.05) is 20.1 Å². The van der Waals surface area contributed by atoms with Gasteiger partial charge < -0.3 is 4.90 Å². The Kier molecular flexibility index (Phi) is 3.55. The molecule has 1 nitrogen and oxygen atoms in total. The summed E-state index contributed by atoms with van der Waals surface area (Å²) in [6, 6.07) is 4.78. The van der Waals surface area contributed by atoms with E-state index in [1.54, 1.807) is 6.07 Å². The predicted octanol–water partition coefficient (Wildman–Crippen LogP) is 4.29. The number of hydrogen-bond donors (Lipinski definition) is 0. The van der Waals surface area contributed by atoms with Crippen molar-refractivity contribution in [2.45, 2.75) is 38.8 Å². The Morgan fingerprint density at radius 1 is 1.24 bits per heavy atom. The van der Waals surface area contributed by atoms with Crippen LogP contribution in [0.4, 0.5) is 13.2 Å². The van der Waals surface area contributed by atoms with Gasteiger partial charge in [-0.1, -0.05) is 12.1 Å². The van der Waals surface area contributed by atoms with Gasteiger partial charge in [-0.15, -0.1) is 0 Å². The fourth-order valence-corrected chi connectivity index (χ4v) is 4.23. The lowest BCUT2D eigenvalue weighted by Crippen LogP contribution is -2.60. The van der Waals surface area contributed by atoms with Gasteiger partial charge in [0, 0.05) is 13.1 Å². The van der Waals surface area contributed by atoms with Crippen molar-refractivity contribution in [3.63, 3.8) is 0 Å². The van der Waals surface area contributed by atoms with Crippen LogP contribution in [0, 0.1) is 18.3 Å². The third-order valence-corrected chi connectivity index (χ3v) is 5.10. The van der Waals surface area contributed by atoms with Gasteiger partial charge in [0.2, 0.25) is 0 Å². The summed E-state index contributed by atoms with van der Waals surface area (Å²) in [6.45, 7) is 3.92. The van der Waals surface area contributed by atoms with Crippen LogP contribution in [0.1, 0.15) is 36.0 Å². The molecule has 0 aromatic heterocycles. The Morgan fingerprint density at radius 2 is 1.90 bits per heavy atom. The molecule has 4 heteroatoms. The molecule has 1 heterocycles. The summed E-state index contributed by atoms with van der Waals surface area (Å²) in [4.78, 5) is 2.34. The van der Waals surface area contributed by atoms with Crippen molar-refractivity contribution in [1.29, 1.82) is 0 Å². The first kappa shape index (κ1) is 14.9. The molecule has 2 aliphatic rings. The highest BCUT2D eigenvalue weighted by Crippen LogP contribution is 2.52. The number of halogens is 3. The molecule has 21 heavy (non-hydrogen) atoms. The zero-order chi connectivity index (χ0) is 15.3. The zero-order valence-electron chi connectivity index (χ0n) is 12.6. The second kappa shape index (κ2) is 5.01. The number of likely N-dealkylation sites (tertiary alicyclic amines) is 1. The van der Waals surface area contributed by atoms with Crippen LogP contribution in [0.3, 0.4) is 0 Å². The molecule has 116 valence electrons. The van der Waals surface area contributed by atoms with Gasteiger partial charge >= 0.3 is 6.18 Å². The molecule has 0 unspecified atom stereocenters. The van der Waals surface area contributed by atoms with Crippen molar-refractivity contribution >= 4 is 0 Å². The molecular weight excluding hydrogens is 275 g/mol. The number of rotatable bonds is 3. The topological polar surface area (TPSA) is 3.24 Å². The van der Waals surface area contributed by atoms with Gasteiger partial charge in [-0.2, -0.15) is 13.2 Å². The van der Waals surface area contributed by atoms with Crippen LogP contribution in [-0.4, -0.2) is 25.0 Å². The molecule has 3 rings (SSSR count). The van der Waals surface area contributed by atoms with E-state index >= 15 is 0 Å². The quantitative estimate of drug-likeness (QED) is 0.804. The number of benzene rings is 1. The number of aryl methyl sites for hydroxylation is 2. The second-order valence-corrected chi connectivity index (χ2v) is 7.13. The monoisotopic (exact) mass is 297 g/mol. The molecule has 2 fully saturated rings. The fraction of sp³-hybridized carbons (Fsp3) is 0.647. The van der Waals surface area contributed by atoms with Crippen LogP contribution >= 0.6 is 0 Å². The van der Waals surface area contributed by atoms with Gasteiger partial charge in [-0.3, -0.25) is 0 Å². The molecule has 1 saturated heterocycles. The van der Waals surface area contributed by atoms with Gasteiger partial charge in [0.15, 0.2) is 0 Å². The van der Waals surface area contributed by atoms with Crippen LogP contribution in [0.2, 0.25) is 0 Å². The predicted molar refractivity (Wildman–Crippen MR) is 77.2 cm³/mol. The summed E-state index contributed by atoms with van der Waals surface area (Å²) >= 11 is 0. The highest BCUT2D eigenvalue weighted by Gasteiger charge is 2.50. The Bertz CT molecular complexity index is 521. The minimum atomic E-state index is -4.24. The van der Waals surface area contributed by atoms with E-state index in [2.05, 4.69) is 11.9 Å².